The SMILES string of the molecule is c1ccc(P(c2ccccc2)C([Se][Se][Se][Se]C(P(c2ccccc2)c2ccccc2)P(c2ccccc2)c2ccccc2)P(c2ccccc2)c2ccccc2)cc1. The fourth-order valence-corrected chi connectivity index (χ4v) is 91.8. The zero-order valence-corrected chi connectivity index (χ0v) is 42.1. The van der Waals surface area contributed by atoms with Crippen molar-refractivity contribution in [1.29, 1.82) is 0 Å². The Morgan fingerprint density at radius 3 is 0.483 bits per heavy atom. The van der Waals surface area contributed by atoms with E-state index >= 15 is 0 Å². The monoisotopic (exact) mass is 1090 g/mol. The standard InChI is InChI=1S/C50H42P4Se4/c1-9-25-41(26-10-1)51(42-27-11-2-12-28-42)49(52(43-29-13-3-14-30-43)44-31-15-4-16-32-44)55-57-58-56-50(53(45-33-17-5-18-34-45)46-35-19-6-20-36-46)54(47-37-21-7-22-38-47)48-39-23-8-24-40-48/h1-40,49-50H. The van der Waals surface area contributed by atoms with Crippen LogP contribution >= 0.6 is 31.7 Å². The van der Waals surface area contributed by atoms with Crippen molar-refractivity contribution in [2.24, 2.45) is 0 Å². The summed E-state index contributed by atoms with van der Waals surface area (Å²) in [6.07, 6.45) is 0. The van der Waals surface area contributed by atoms with Crippen LogP contribution in [0.5, 0.6) is 0 Å². The van der Waals surface area contributed by atoms with Crippen LogP contribution in [0.2, 0.25) is 0 Å². The first kappa shape index (κ1) is 42.3. The second kappa shape index (κ2) is 22.4. The maximum atomic E-state index is 2.42. The summed E-state index contributed by atoms with van der Waals surface area (Å²) >= 11 is 2.08. The van der Waals surface area contributed by atoms with Gasteiger partial charge < -0.3 is 0 Å². The predicted octanol–water partition coefficient (Wildman–Crippen LogP) is 8.65. The third-order valence-electron chi connectivity index (χ3n) is 9.44. The van der Waals surface area contributed by atoms with Crippen molar-refractivity contribution in [2.75, 3.05) is 0 Å². The molecule has 0 nitrogen and oxygen atoms in total. The van der Waals surface area contributed by atoms with Crippen molar-refractivity contribution in [3.05, 3.63) is 243 Å². The van der Waals surface area contributed by atoms with Crippen molar-refractivity contribution in [1.82, 2.24) is 0 Å². The number of benzene rings is 8. The predicted molar refractivity (Wildman–Crippen MR) is 267 cm³/mol. The molecule has 0 aromatic heterocycles. The second-order valence-electron chi connectivity index (χ2n) is 13.1. The fourth-order valence-electron chi connectivity index (χ4n) is 6.83. The van der Waals surface area contributed by atoms with Gasteiger partial charge in [0.2, 0.25) is 0 Å². The Kier molecular flexibility index (Phi) is 16.3. The van der Waals surface area contributed by atoms with E-state index in [1.54, 1.807) is 0 Å². The summed E-state index contributed by atoms with van der Waals surface area (Å²) in [4.78, 5) is 0. The van der Waals surface area contributed by atoms with Crippen LogP contribution in [-0.2, 0) is 0 Å². The Balaban J connectivity index is 1.21. The van der Waals surface area contributed by atoms with Gasteiger partial charge in [0.25, 0.3) is 0 Å². The molecule has 0 fully saturated rings. The van der Waals surface area contributed by atoms with Crippen LogP contribution in [0.3, 0.4) is 0 Å². The number of rotatable bonds is 17. The van der Waals surface area contributed by atoms with Gasteiger partial charge in [-0.2, -0.15) is 0 Å². The van der Waals surface area contributed by atoms with Crippen LogP contribution in [-0.4, -0.2) is 57.5 Å². The van der Waals surface area contributed by atoms with E-state index in [4.69, 9.17) is 0 Å². The van der Waals surface area contributed by atoms with Gasteiger partial charge in [-0.05, 0) is 0 Å². The van der Waals surface area contributed by atoms with E-state index in [2.05, 4.69) is 243 Å². The Labute approximate surface area is 370 Å². The molecule has 0 saturated carbocycles. The molecule has 58 heavy (non-hydrogen) atoms. The van der Waals surface area contributed by atoms with Crippen molar-refractivity contribution >= 4 is 123 Å². The molecule has 0 aliphatic heterocycles. The molecule has 0 saturated heterocycles. The average molecular weight is 1080 g/mol. The molecule has 0 bridgehead atoms. The van der Waals surface area contributed by atoms with Gasteiger partial charge in [0.05, 0.1) is 0 Å². The van der Waals surface area contributed by atoms with Gasteiger partial charge in [0.1, 0.15) is 0 Å². The van der Waals surface area contributed by atoms with Gasteiger partial charge in [0.15, 0.2) is 0 Å². The molecule has 8 heteroatoms. The van der Waals surface area contributed by atoms with Gasteiger partial charge in [-0.15, -0.1) is 0 Å². The van der Waals surface area contributed by atoms with E-state index in [9.17, 15) is 0 Å². The Morgan fingerprint density at radius 1 is 0.207 bits per heavy atom. The van der Waals surface area contributed by atoms with Gasteiger partial charge in [0, 0.05) is 0 Å². The van der Waals surface area contributed by atoms with Crippen molar-refractivity contribution in [3.8, 4) is 0 Å². The van der Waals surface area contributed by atoms with E-state index in [1.165, 1.54) is 42.4 Å². The minimum absolute atomic E-state index is 0.471. The molecule has 0 aliphatic carbocycles. The molecule has 0 amide bonds. The van der Waals surface area contributed by atoms with Gasteiger partial charge >= 0.3 is 374 Å². The molecule has 0 aliphatic rings. The zero-order chi connectivity index (χ0) is 39.2. The summed E-state index contributed by atoms with van der Waals surface area (Å²) in [5.74, 6) is 0. The quantitative estimate of drug-likeness (QED) is 0.0487. The second-order valence-corrected chi connectivity index (χ2v) is 52.2. The first-order chi connectivity index (χ1) is 28.8. The molecule has 8 aromatic rings. The number of hydrogen-bond acceptors (Lipinski definition) is 0. The van der Waals surface area contributed by atoms with Crippen molar-refractivity contribution < 1.29 is 0 Å². The zero-order valence-electron chi connectivity index (χ0n) is 31.7. The molecule has 8 rings (SSSR count). The average Bonchev–Trinajstić information content (AvgIpc) is 3.31. The summed E-state index contributed by atoms with van der Waals surface area (Å²) in [7, 11) is -2.42. The summed E-state index contributed by atoms with van der Waals surface area (Å²) in [5, 5.41) is 12.1. The Hall–Kier alpha value is -2.44. The first-order valence-electron chi connectivity index (χ1n) is 19.1. The molecule has 0 N–H and O–H groups in total. The molecular weight excluding hydrogens is 1040 g/mol. The fraction of sp³-hybridized carbons (Fsp3) is 0.0400. The van der Waals surface area contributed by atoms with E-state index < -0.39 is 31.7 Å². The molecule has 0 heterocycles. The summed E-state index contributed by atoms with van der Waals surface area (Å²) < 4.78 is 1.16. The molecule has 0 atom stereocenters. The van der Waals surface area contributed by atoms with Gasteiger partial charge in [-0.3, -0.25) is 0 Å². The third kappa shape index (κ3) is 10.9. The minimum atomic E-state index is -0.605. The van der Waals surface area contributed by atoms with Crippen LogP contribution in [0, 0.1) is 0 Å². The van der Waals surface area contributed by atoms with E-state index in [0.717, 1.165) is 0 Å². The van der Waals surface area contributed by atoms with Crippen molar-refractivity contribution in [3.63, 3.8) is 0 Å². The third-order valence-corrected chi connectivity index (χ3v) is 71.1. The maximum absolute atomic E-state index is 2.42. The van der Waals surface area contributed by atoms with Gasteiger partial charge in [-0.1, -0.05) is 0 Å². The topological polar surface area (TPSA) is 0 Å². The van der Waals surface area contributed by atoms with Crippen LogP contribution in [0.15, 0.2) is 243 Å². The molecular formula is C50H42P4Se4. The molecule has 8 aromatic carbocycles. The van der Waals surface area contributed by atoms with Crippen molar-refractivity contribution in [2.45, 2.75) is 8.60 Å². The van der Waals surface area contributed by atoms with Crippen LogP contribution < -0.4 is 42.4 Å². The van der Waals surface area contributed by atoms with Crippen LogP contribution in [0.25, 0.3) is 0 Å². The van der Waals surface area contributed by atoms with Crippen LogP contribution in [0.4, 0.5) is 0 Å². The Bertz CT molecular complexity index is 1870. The molecule has 0 unspecified atom stereocenters. The normalized spacial score (nSPS) is 11.6. The van der Waals surface area contributed by atoms with Crippen LogP contribution in [0.1, 0.15) is 0 Å². The van der Waals surface area contributed by atoms with E-state index in [0.29, 0.717) is 57.5 Å². The molecule has 0 radical (unpaired) electrons. The van der Waals surface area contributed by atoms with E-state index in [1.807, 2.05) is 0 Å². The Morgan fingerprint density at radius 2 is 0.345 bits per heavy atom. The first-order valence-corrected chi connectivity index (χ1v) is 39.7. The summed E-state index contributed by atoms with van der Waals surface area (Å²) in [5.41, 5.74) is 0. The number of hydrogen-bond donors (Lipinski definition) is 0. The summed E-state index contributed by atoms with van der Waals surface area (Å²) in [6, 6.07) is 92.4. The molecule has 286 valence electrons. The van der Waals surface area contributed by atoms with Gasteiger partial charge in [-0.25, -0.2) is 0 Å². The molecule has 0 spiro atoms. The van der Waals surface area contributed by atoms with E-state index in [-0.39, 0.29) is 0 Å². The summed E-state index contributed by atoms with van der Waals surface area (Å²) in [6.45, 7) is 0.